The van der Waals surface area contributed by atoms with E-state index in [9.17, 15) is 9.18 Å². The van der Waals surface area contributed by atoms with E-state index in [-0.39, 0.29) is 18.3 Å². The predicted octanol–water partition coefficient (Wildman–Crippen LogP) is 5.25. The van der Waals surface area contributed by atoms with Gasteiger partial charge in [0.1, 0.15) is 11.6 Å². The van der Waals surface area contributed by atoms with Crippen molar-refractivity contribution in [2.75, 3.05) is 11.9 Å². The first-order valence-corrected chi connectivity index (χ1v) is 8.55. The summed E-state index contributed by atoms with van der Waals surface area (Å²) < 4.78 is 18.3. The Balaban J connectivity index is 1.52. The molecule has 3 aromatic rings. The largest absolute Gasteiger partial charge is 0.484 e. The molecule has 27 heavy (non-hydrogen) atoms. The van der Waals surface area contributed by atoms with Gasteiger partial charge in [-0.1, -0.05) is 23.7 Å². The molecule has 0 saturated carbocycles. The maximum absolute atomic E-state index is 12.8. The van der Waals surface area contributed by atoms with Gasteiger partial charge in [-0.2, -0.15) is 0 Å². The highest BCUT2D eigenvalue weighted by molar-refractivity contribution is 6.33. The lowest BCUT2D eigenvalue weighted by atomic mass is 10.2. The zero-order valence-corrected chi connectivity index (χ0v) is 15.0. The number of aliphatic imine (C=N–C) groups is 1. The maximum Gasteiger partial charge on any atom is 0.262 e. The smallest absolute Gasteiger partial charge is 0.262 e. The van der Waals surface area contributed by atoms with Crippen LogP contribution in [-0.4, -0.2) is 18.7 Å². The van der Waals surface area contributed by atoms with Crippen molar-refractivity contribution in [1.29, 1.82) is 0 Å². The molecule has 4 nitrogen and oxygen atoms in total. The molecule has 0 aromatic heterocycles. The van der Waals surface area contributed by atoms with Gasteiger partial charge in [0, 0.05) is 11.9 Å². The number of anilines is 1. The van der Waals surface area contributed by atoms with Gasteiger partial charge >= 0.3 is 0 Å². The fourth-order valence-electron chi connectivity index (χ4n) is 2.23. The number of hydrogen-bond acceptors (Lipinski definition) is 3. The Labute approximate surface area is 161 Å². The molecule has 0 fully saturated rings. The molecule has 0 heterocycles. The van der Waals surface area contributed by atoms with Crippen LogP contribution in [0.2, 0.25) is 5.02 Å². The fourth-order valence-corrected chi connectivity index (χ4v) is 2.41. The van der Waals surface area contributed by atoms with Crippen molar-refractivity contribution in [1.82, 2.24) is 0 Å². The number of benzene rings is 3. The monoisotopic (exact) mass is 382 g/mol. The van der Waals surface area contributed by atoms with Gasteiger partial charge in [-0.3, -0.25) is 9.79 Å². The Morgan fingerprint density at radius 1 is 1.04 bits per heavy atom. The molecule has 1 amide bonds. The lowest BCUT2D eigenvalue weighted by Crippen LogP contribution is -2.20. The van der Waals surface area contributed by atoms with Crippen molar-refractivity contribution >= 4 is 35.1 Å². The molecular formula is C21H16ClFN2O2. The number of rotatable bonds is 6. The normalized spacial score (nSPS) is 10.7. The van der Waals surface area contributed by atoms with Gasteiger partial charge in [0.05, 0.1) is 10.7 Å². The summed E-state index contributed by atoms with van der Waals surface area (Å²) in [6.45, 7) is -0.148. The van der Waals surface area contributed by atoms with Gasteiger partial charge in [-0.25, -0.2) is 4.39 Å². The third-order valence-corrected chi connectivity index (χ3v) is 3.90. The molecule has 1 N–H and O–H groups in total. The Morgan fingerprint density at radius 3 is 2.44 bits per heavy atom. The van der Waals surface area contributed by atoms with Crippen molar-refractivity contribution in [3.63, 3.8) is 0 Å². The Hall–Kier alpha value is -3.18. The number of ether oxygens (including phenoxy) is 1. The Kier molecular flexibility index (Phi) is 6.18. The molecule has 136 valence electrons. The molecule has 0 spiro atoms. The molecule has 6 heteroatoms. The van der Waals surface area contributed by atoms with Crippen molar-refractivity contribution in [2.24, 2.45) is 4.99 Å². The summed E-state index contributed by atoms with van der Waals surface area (Å²) in [5, 5.41) is 3.21. The SMILES string of the molecule is O=C(COc1ccc(C=Nc2ccccc2Cl)cc1)Nc1ccc(F)cc1. The van der Waals surface area contributed by atoms with Crippen molar-refractivity contribution < 1.29 is 13.9 Å². The van der Waals surface area contributed by atoms with E-state index in [1.165, 1.54) is 24.3 Å². The van der Waals surface area contributed by atoms with Gasteiger partial charge < -0.3 is 10.1 Å². The van der Waals surface area contributed by atoms with Crippen LogP contribution in [0.4, 0.5) is 15.8 Å². The predicted molar refractivity (Wildman–Crippen MR) is 106 cm³/mol. The molecule has 0 aliphatic carbocycles. The van der Waals surface area contributed by atoms with Crippen LogP contribution in [0.15, 0.2) is 77.8 Å². The van der Waals surface area contributed by atoms with E-state index < -0.39 is 0 Å². The number of carbonyl (C=O) groups is 1. The van der Waals surface area contributed by atoms with Crippen LogP contribution in [0, 0.1) is 5.82 Å². The number of amides is 1. The maximum atomic E-state index is 12.8. The average Bonchev–Trinajstić information content (AvgIpc) is 2.68. The summed E-state index contributed by atoms with van der Waals surface area (Å²) in [5.41, 5.74) is 2.08. The summed E-state index contributed by atoms with van der Waals surface area (Å²) in [5.74, 6) is -0.132. The first-order valence-electron chi connectivity index (χ1n) is 8.17. The van der Waals surface area contributed by atoms with Gasteiger partial charge in [0.15, 0.2) is 6.61 Å². The van der Waals surface area contributed by atoms with Crippen molar-refractivity contribution in [3.05, 3.63) is 89.2 Å². The number of nitrogens with one attached hydrogen (secondary N) is 1. The molecule has 0 radical (unpaired) electrons. The number of hydrogen-bond donors (Lipinski definition) is 1. The minimum atomic E-state index is -0.359. The van der Waals surface area contributed by atoms with Crippen LogP contribution in [0.5, 0.6) is 5.75 Å². The molecule has 3 rings (SSSR count). The lowest BCUT2D eigenvalue weighted by molar-refractivity contribution is -0.118. The van der Waals surface area contributed by atoms with E-state index in [1.807, 2.05) is 30.3 Å². The zero-order valence-electron chi connectivity index (χ0n) is 14.2. The van der Waals surface area contributed by atoms with Crippen LogP contribution in [0.3, 0.4) is 0 Å². The minimum Gasteiger partial charge on any atom is -0.484 e. The van der Waals surface area contributed by atoms with E-state index >= 15 is 0 Å². The molecule has 3 aromatic carbocycles. The topological polar surface area (TPSA) is 50.7 Å². The highest BCUT2D eigenvalue weighted by Gasteiger charge is 2.04. The van der Waals surface area contributed by atoms with Gasteiger partial charge in [0.2, 0.25) is 0 Å². The summed E-state index contributed by atoms with van der Waals surface area (Å²) >= 11 is 6.06. The van der Waals surface area contributed by atoms with Crippen LogP contribution in [0.1, 0.15) is 5.56 Å². The van der Waals surface area contributed by atoms with Crippen LogP contribution in [-0.2, 0) is 4.79 Å². The second-order valence-corrected chi connectivity index (χ2v) is 6.03. The van der Waals surface area contributed by atoms with Crippen LogP contribution in [0.25, 0.3) is 0 Å². The third kappa shape index (κ3) is 5.66. The zero-order chi connectivity index (χ0) is 19.1. The lowest BCUT2D eigenvalue weighted by Gasteiger charge is -2.07. The average molecular weight is 383 g/mol. The van der Waals surface area contributed by atoms with Crippen LogP contribution < -0.4 is 10.1 Å². The molecule has 0 saturated heterocycles. The molecular weight excluding hydrogens is 367 g/mol. The second-order valence-electron chi connectivity index (χ2n) is 5.62. The molecule has 0 aliphatic rings. The van der Waals surface area contributed by atoms with E-state index in [1.54, 1.807) is 24.4 Å². The summed E-state index contributed by atoms with van der Waals surface area (Å²) in [7, 11) is 0. The molecule has 0 aliphatic heterocycles. The van der Waals surface area contributed by atoms with E-state index in [0.29, 0.717) is 22.1 Å². The molecule has 0 unspecified atom stereocenters. The number of nitrogens with zero attached hydrogens (tertiary/aromatic N) is 1. The highest BCUT2D eigenvalue weighted by atomic mass is 35.5. The summed E-state index contributed by atoms with van der Waals surface area (Å²) in [6.07, 6.45) is 1.70. The number of para-hydroxylation sites is 1. The Morgan fingerprint density at radius 2 is 1.74 bits per heavy atom. The van der Waals surface area contributed by atoms with Crippen molar-refractivity contribution in [3.8, 4) is 5.75 Å². The summed E-state index contributed by atoms with van der Waals surface area (Å²) in [6, 6.07) is 20.0. The van der Waals surface area contributed by atoms with E-state index in [0.717, 1.165) is 5.56 Å². The van der Waals surface area contributed by atoms with E-state index in [2.05, 4.69) is 10.3 Å². The quantitative estimate of drug-likeness (QED) is 0.592. The Bertz CT molecular complexity index is 941. The van der Waals surface area contributed by atoms with E-state index in [4.69, 9.17) is 16.3 Å². The summed E-state index contributed by atoms with van der Waals surface area (Å²) in [4.78, 5) is 16.2. The van der Waals surface area contributed by atoms with Crippen molar-refractivity contribution in [2.45, 2.75) is 0 Å². The standard InChI is InChI=1S/C21H16ClFN2O2/c22-19-3-1-2-4-20(19)24-13-15-5-11-18(12-6-15)27-14-21(26)25-17-9-7-16(23)8-10-17/h1-13H,14H2,(H,25,26). The minimum absolute atomic E-state index is 0.148. The van der Waals surface area contributed by atoms with Gasteiger partial charge in [-0.15, -0.1) is 0 Å². The number of halogens is 2. The molecule has 0 atom stereocenters. The first-order chi connectivity index (χ1) is 13.1. The third-order valence-electron chi connectivity index (χ3n) is 3.58. The molecule has 0 bridgehead atoms. The number of carbonyl (C=O) groups excluding carboxylic acids is 1. The first kappa shape index (κ1) is 18.6. The second kappa shape index (κ2) is 8.96. The van der Waals surface area contributed by atoms with Gasteiger partial charge in [0.25, 0.3) is 5.91 Å². The van der Waals surface area contributed by atoms with Gasteiger partial charge in [-0.05, 0) is 66.2 Å². The van der Waals surface area contributed by atoms with Crippen LogP contribution >= 0.6 is 11.6 Å². The highest BCUT2D eigenvalue weighted by Crippen LogP contribution is 2.23. The fraction of sp³-hybridized carbons (Fsp3) is 0.0476.